The molecule has 1 rings (SSSR count). The molecule has 3 N–H and O–H groups in total. The van der Waals surface area contributed by atoms with Crippen molar-refractivity contribution in [2.75, 3.05) is 40.3 Å². The molecule has 0 heterocycles. The van der Waals surface area contributed by atoms with Gasteiger partial charge in [-0.25, -0.2) is 0 Å². The maximum Gasteiger partial charge on any atom is 0.191 e. The summed E-state index contributed by atoms with van der Waals surface area (Å²) in [5, 5.41) is 16.9. The van der Waals surface area contributed by atoms with Gasteiger partial charge in [0.1, 0.15) is 5.75 Å². The highest BCUT2D eigenvalue weighted by Gasteiger charge is 2.09. The van der Waals surface area contributed by atoms with Gasteiger partial charge >= 0.3 is 0 Å². The van der Waals surface area contributed by atoms with Gasteiger partial charge in [0.05, 0.1) is 18.8 Å². The zero-order chi connectivity index (χ0) is 18.7. The Kier molecular flexibility index (Phi) is 13.5. The molecule has 1 atom stereocenters. The molecule has 0 spiro atoms. The largest absolute Gasteiger partial charge is 0.491 e. The van der Waals surface area contributed by atoms with Crippen molar-refractivity contribution in [1.29, 1.82) is 0 Å². The Labute approximate surface area is 175 Å². The van der Waals surface area contributed by atoms with E-state index in [1.54, 1.807) is 0 Å². The number of halogens is 1. The molecule has 0 bridgehead atoms. The molecule has 6 nitrogen and oxygen atoms in total. The summed E-state index contributed by atoms with van der Waals surface area (Å²) >= 11 is 0. The fraction of sp³-hybridized carbons (Fsp3) is 0.632. The van der Waals surface area contributed by atoms with E-state index >= 15 is 0 Å². The fourth-order valence-electron chi connectivity index (χ4n) is 2.29. The second-order valence-corrected chi connectivity index (χ2v) is 6.56. The number of nitrogens with zero attached hydrogens (tertiary/aromatic N) is 2. The Balaban J connectivity index is 0.00000625. The van der Waals surface area contributed by atoms with Gasteiger partial charge in [-0.2, -0.15) is 0 Å². The molecule has 0 radical (unpaired) electrons. The quantitative estimate of drug-likeness (QED) is 0.209. The summed E-state index contributed by atoms with van der Waals surface area (Å²) in [5.74, 6) is 1.50. The van der Waals surface area contributed by atoms with E-state index in [-0.39, 0.29) is 30.1 Å². The smallest absolute Gasteiger partial charge is 0.191 e. The number of ether oxygens (including phenoxy) is 1. The third-order valence-electron chi connectivity index (χ3n) is 3.46. The third-order valence-corrected chi connectivity index (χ3v) is 3.46. The van der Waals surface area contributed by atoms with Crippen LogP contribution in [0.5, 0.6) is 5.75 Å². The summed E-state index contributed by atoms with van der Waals surface area (Å²) in [7, 11) is 4.12. The van der Waals surface area contributed by atoms with Crippen molar-refractivity contribution in [1.82, 2.24) is 15.5 Å². The second-order valence-electron chi connectivity index (χ2n) is 6.56. The molecule has 0 saturated heterocycles. The van der Waals surface area contributed by atoms with Gasteiger partial charge < -0.3 is 25.4 Å². The Morgan fingerprint density at radius 3 is 2.62 bits per heavy atom. The molecule has 0 fully saturated rings. The molecule has 0 aliphatic carbocycles. The minimum absolute atomic E-state index is 0. The van der Waals surface area contributed by atoms with Crippen molar-refractivity contribution >= 4 is 29.9 Å². The standard InChI is InChI=1S/C19H34N4O2.HI/c1-6-20-19(21-11-8-12-23(4)5)22-14-18(24)16-9-7-10-17(13-16)25-15(2)3;/h7,9-10,13,15,18,24H,6,8,11-12,14H2,1-5H3,(H2,20,21,22);1H. The van der Waals surface area contributed by atoms with E-state index in [1.165, 1.54) is 0 Å². The minimum Gasteiger partial charge on any atom is -0.491 e. The average Bonchev–Trinajstić information content (AvgIpc) is 2.55. The zero-order valence-corrected chi connectivity index (χ0v) is 19.0. The molecule has 0 aliphatic rings. The molecule has 0 saturated carbocycles. The van der Waals surface area contributed by atoms with E-state index in [0.29, 0.717) is 6.54 Å². The van der Waals surface area contributed by atoms with Crippen molar-refractivity contribution in [3.63, 3.8) is 0 Å². The number of aliphatic hydroxyl groups is 1. The van der Waals surface area contributed by atoms with Crippen molar-refractivity contribution in [2.24, 2.45) is 4.99 Å². The van der Waals surface area contributed by atoms with Crippen LogP contribution >= 0.6 is 24.0 Å². The Hall–Kier alpha value is -1.06. The number of aliphatic imine (C=N–C) groups is 1. The predicted molar refractivity (Wildman–Crippen MR) is 120 cm³/mol. The van der Waals surface area contributed by atoms with Gasteiger partial charge in [-0.15, -0.1) is 24.0 Å². The van der Waals surface area contributed by atoms with Crippen molar-refractivity contribution in [3.05, 3.63) is 29.8 Å². The van der Waals surface area contributed by atoms with Crippen LogP contribution in [-0.4, -0.2) is 62.3 Å². The molecule has 0 aliphatic heterocycles. The molecule has 1 aromatic rings. The van der Waals surface area contributed by atoms with Crippen LogP contribution in [0, 0.1) is 0 Å². The van der Waals surface area contributed by atoms with Crippen molar-refractivity contribution < 1.29 is 9.84 Å². The van der Waals surface area contributed by atoms with Gasteiger partial charge in [0.15, 0.2) is 5.96 Å². The van der Waals surface area contributed by atoms with E-state index in [9.17, 15) is 5.11 Å². The van der Waals surface area contributed by atoms with E-state index in [0.717, 1.165) is 43.3 Å². The highest BCUT2D eigenvalue weighted by Crippen LogP contribution is 2.20. The van der Waals surface area contributed by atoms with Gasteiger partial charge in [0.25, 0.3) is 0 Å². The normalized spacial score (nSPS) is 12.7. The number of benzene rings is 1. The third kappa shape index (κ3) is 10.8. The highest BCUT2D eigenvalue weighted by molar-refractivity contribution is 14.0. The van der Waals surface area contributed by atoms with Gasteiger partial charge in [-0.3, -0.25) is 4.99 Å². The summed E-state index contributed by atoms with van der Waals surface area (Å²) in [6.45, 7) is 8.95. The summed E-state index contributed by atoms with van der Waals surface area (Å²) in [4.78, 5) is 6.64. The van der Waals surface area contributed by atoms with Crippen LogP contribution in [0.4, 0.5) is 0 Å². The summed E-state index contributed by atoms with van der Waals surface area (Å²) in [6, 6.07) is 7.56. The molecule has 0 amide bonds. The molecule has 1 unspecified atom stereocenters. The first-order valence-electron chi connectivity index (χ1n) is 9.04. The predicted octanol–water partition coefficient (Wildman–Crippen LogP) is 2.63. The number of hydrogen-bond acceptors (Lipinski definition) is 4. The van der Waals surface area contributed by atoms with Crippen LogP contribution in [0.25, 0.3) is 0 Å². The van der Waals surface area contributed by atoms with Gasteiger partial charge in [0.2, 0.25) is 0 Å². The molecule has 7 heteroatoms. The summed E-state index contributed by atoms with van der Waals surface area (Å²) < 4.78 is 5.68. The Bertz CT molecular complexity index is 524. The van der Waals surface area contributed by atoms with E-state index in [4.69, 9.17) is 4.74 Å². The lowest BCUT2D eigenvalue weighted by atomic mass is 10.1. The topological polar surface area (TPSA) is 69.1 Å². The maximum atomic E-state index is 10.4. The number of rotatable bonds is 10. The van der Waals surface area contributed by atoms with E-state index in [2.05, 4.69) is 34.6 Å². The SMILES string of the molecule is CCNC(=NCC(O)c1cccc(OC(C)C)c1)NCCCN(C)C.I. The van der Waals surface area contributed by atoms with Gasteiger partial charge in [0, 0.05) is 13.1 Å². The number of hydrogen-bond donors (Lipinski definition) is 3. The first-order valence-corrected chi connectivity index (χ1v) is 9.04. The molecule has 1 aromatic carbocycles. The molecular weight excluding hydrogens is 443 g/mol. The first-order chi connectivity index (χ1) is 11.9. The first kappa shape index (κ1) is 24.9. The number of guanidine groups is 1. The highest BCUT2D eigenvalue weighted by atomic mass is 127. The van der Waals surface area contributed by atoms with Crippen LogP contribution in [0.15, 0.2) is 29.3 Å². The van der Waals surface area contributed by atoms with Gasteiger partial charge in [-0.1, -0.05) is 12.1 Å². The van der Waals surface area contributed by atoms with Crippen LogP contribution in [0.2, 0.25) is 0 Å². The lowest BCUT2D eigenvalue weighted by Crippen LogP contribution is -2.38. The summed E-state index contributed by atoms with van der Waals surface area (Å²) in [6.07, 6.45) is 0.485. The van der Waals surface area contributed by atoms with E-state index < -0.39 is 6.10 Å². The van der Waals surface area contributed by atoms with Crippen molar-refractivity contribution in [2.45, 2.75) is 39.4 Å². The zero-order valence-electron chi connectivity index (χ0n) is 16.7. The van der Waals surface area contributed by atoms with Crippen LogP contribution < -0.4 is 15.4 Å². The molecule has 26 heavy (non-hydrogen) atoms. The average molecular weight is 478 g/mol. The maximum absolute atomic E-state index is 10.4. The minimum atomic E-state index is -0.659. The Morgan fingerprint density at radius 1 is 1.27 bits per heavy atom. The lowest BCUT2D eigenvalue weighted by Gasteiger charge is -2.15. The Morgan fingerprint density at radius 2 is 2.00 bits per heavy atom. The summed E-state index contributed by atoms with van der Waals surface area (Å²) in [5.41, 5.74) is 0.811. The van der Waals surface area contributed by atoms with Crippen LogP contribution in [0.3, 0.4) is 0 Å². The lowest BCUT2D eigenvalue weighted by molar-refractivity contribution is 0.185. The molecule has 150 valence electrons. The monoisotopic (exact) mass is 478 g/mol. The number of nitrogens with one attached hydrogen (secondary N) is 2. The molecule has 0 aromatic heterocycles. The number of aliphatic hydroxyl groups excluding tert-OH is 1. The van der Waals surface area contributed by atoms with E-state index in [1.807, 2.05) is 45.0 Å². The van der Waals surface area contributed by atoms with Crippen molar-refractivity contribution in [3.8, 4) is 5.75 Å². The second kappa shape index (κ2) is 14.1. The fourth-order valence-corrected chi connectivity index (χ4v) is 2.29. The van der Waals surface area contributed by atoms with Gasteiger partial charge in [-0.05, 0) is 65.5 Å². The van der Waals surface area contributed by atoms with Crippen LogP contribution in [-0.2, 0) is 0 Å². The molecular formula is C19H35IN4O2. The van der Waals surface area contributed by atoms with Crippen LogP contribution in [0.1, 0.15) is 38.9 Å².